The molecule has 0 atom stereocenters. The molecule has 8 nitrogen and oxygen atoms in total. The van der Waals surface area contributed by atoms with Crippen LogP contribution in [0.15, 0.2) is 18.2 Å². The molecule has 0 radical (unpaired) electrons. The Morgan fingerprint density at radius 1 is 1.47 bits per heavy atom. The van der Waals surface area contributed by atoms with Gasteiger partial charge in [0.15, 0.2) is 0 Å². The summed E-state index contributed by atoms with van der Waals surface area (Å²) in [6.45, 7) is -0.452. The van der Waals surface area contributed by atoms with E-state index in [-0.39, 0.29) is 16.8 Å². The lowest BCUT2D eigenvalue weighted by atomic mass is 10.1. The maximum atomic E-state index is 10.7. The first-order chi connectivity index (χ1) is 7.91. The van der Waals surface area contributed by atoms with Crippen molar-refractivity contribution in [2.75, 3.05) is 0 Å². The van der Waals surface area contributed by atoms with E-state index in [1.54, 1.807) is 0 Å². The lowest BCUT2D eigenvalue weighted by Gasteiger charge is -2.04. The van der Waals surface area contributed by atoms with Crippen LogP contribution in [0.25, 0.3) is 0 Å². The third-order valence-corrected chi connectivity index (χ3v) is 1.89. The molecule has 1 aromatic carbocycles. The van der Waals surface area contributed by atoms with Gasteiger partial charge < -0.3 is 15.6 Å². The smallest absolute Gasteiger partial charge is 0.404 e. The number of amides is 1. The minimum Gasteiger partial charge on any atom is -0.478 e. The Kier molecular flexibility index (Phi) is 3.60. The molecule has 0 saturated carbocycles. The number of carbonyl (C=O) groups is 2. The number of nitro benzene ring substituents is 1. The van der Waals surface area contributed by atoms with E-state index in [0.717, 1.165) is 18.2 Å². The molecule has 1 rings (SSSR count). The number of nitrogens with two attached hydrogens (primary N) is 1. The number of primary amides is 1. The minimum atomic E-state index is -1.24. The Morgan fingerprint density at radius 3 is 2.59 bits per heavy atom. The normalized spacial score (nSPS) is 9.65. The average Bonchev–Trinajstić information content (AvgIpc) is 2.25. The highest BCUT2D eigenvalue weighted by atomic mass is 16.6. The quantitative estimate of drug-likeness (QED) is 0.593. The van der Waals surface area contributed by atoms with Gasteiger partial charge in [-0.25, -0.2) is 9.59 Å². The zero-order valence-electron chi connectivity index (χ0n) is 8.45. The van der Waals surface area contributed by atoms with Gasteiger partial charge in [-0.05, 0) is 12.1 Å². The first kappa shape index (κ1) is 12.4. The number of hydrogen-bond donors (Lipinski definition) is 2. The van der Waals surface area contributed by atoms with Gasteiger partial charge in [0.2, 0.25) is 0 Å². The van der Waals surface area contributed by atoms with Crippen LogP contribution in [0.2, 0.25) is 0 Å². The van der Waals surface area contributed by atoms with E-state index in [1.165, 1.54) is 0 Å². The molecule has 0 bridgehead atoms. The molecule has 3 N–H and O–H groups in total. The van der Waals surface area contributed by atoms with E-state index in [0.29, 0.717) is 0 Å². The van der Waals surface area contributed by atoms with Crippen molar-refractivity contribution < 1.29 is 24.4 Å². The van der Waals surface area contributed by atoms with Crippen molar-refractivity contribution in [2.45, 2.75) is 6.61 Å². The van der Waals surface area contributed by atoms with Gasteiger partial charge in [0.1, 0.15) is 6.61 Å². The number of carboxylic acids is 1. The van der Waals surface area contributed by atoms with E-state index in [9.17, 15) is 19.7 Å². The summed E-state index contributed by atoms with van der Waals surface area (Å²) in [5.41, 5.74) is 4.21. The highest BCUT2D eigenvalue weighted by Gasteiger charge is 2.17. The van der Waals surface area contributed by atoms with Crippen LogP contribution < -0.4 is 5.73 Å². The number of nitrogens with zero attached hydrogens (tertiary/aromatic N) is 1. The van der Waals surface area contributed by atoms with E-state index in [4.69, 9.17) is 10.8 Å². The highest BCUT2D eigenvalue weighted by molar-refractivity contribution is 5.88. The second-order valence-corrected chi connectivity index (χ2v) is 3.01. The molecule has 8 heteroatoms. The molecule has 0 aliphatic rings. The van der Waals surface area contributed by atoms with Crippen molar-refractivity contribution in [3.05, 3.63) is 39.4 Å². The number of hydrogen-bond acceptors (Lipinski definition) is 5. The Labute approximate surface area is 94.7 Å². The zero-order chi connectivity index (χ0) is 13.0. The minimum absolute atomic E-state index is 0.0336. The highest BCUT2D eigenvalue weighted by Crippen LogP contribution is 2.21. The number of benzene rings is 1. The summed E-state index contributed by atoms with van der Waals surface area (Å²) in [4.78, 5) is 31.0. The first-order valence-electron chi connectivity index (χ1n) is 4.34. The fourth-order valence-corrected chi connectivity index (χ4v) is 1.16. The molecular weight excluding hydrogens is 232 g/mol. The van der Waals surface area contributed by atoms with Gasteiger partial charge in [0, 0.05) is 6.07 Å². The molecule has 0 unspecified atom stereocenters. The summed E-state index contributed by atoms with van der Waals surface area (Å²) in [6, 6.07) is 3.18. The van der Waals surface area contributed by atoms with E-state index in [2.05, 4.69) is 4.74 Å². The molecule has 0 aliphatic carbocycles. The molecular formula is C9H8N2O6. The Hall–Kier alpha value is -2.64. The SMILES string of the molecule is NC(=O)OCc1cc(C(=O)O)ccc1[N+](=O)[O-]. The first-order valence-corrected chi connectivity index (χ1v) is 4.34. The number of ether oxygens (including phenoxy) is 1. The van der Waals surface area contributed by atoms with Gasteiger partial charge in [-0.2, -0.15) is 0 Å². The maximum Gasteiger partial charge on any atom is 0.404 e. The number of rotatable bonds is 4. The number of aromatic carboxylic acids is 1. The van der Waals surface area contributed by atoms with Crippen LogP contribution in [0.3, 0.4) is 0 Å². The third kappa shape index (κ3) is 3.16. The van der Waals surface area contributed by atoms with Crippen LogP contribution in [0.1, 0.15) is 15.9 Å². The number of carboxylic acid groups (broad SMARTS) is 1. The number of nitro groups is 1. The fraction of sp³-hybridized carbons (Fsp3) is 0.111. The predicted octanol–water partition coefficient (Wildman–Crippen LogP) is 0.888. The summed E-state index contributed by atoms with van der Waals surface area (Å²) in [5, 5.41) is 19.3. The van der Waals surface area contributed by atoms with Crippen LogP contribution in [-0.2, 0) is 11.3 Å². The molecule has 17 heavy (non-hydrogen) atoms. The molecule has 0 aromatic heterocycles. The lowest BCUT2D eigenvalue weighted by Crippen LogP contribution is -2.13. The van der Waals surface area contributed by atoms with Crippen LogP contribution in [0.4, 0.5) is 10.5 Å². The molecule has 0 fully saturated rings. The van der Waals surface area contributed by atoms with Gasteiger partial charge >= 0.3 is 12.1 Å². The van der Waals surface area contributed by atoms with Crippen molar-refractivity contribution in [1.29, 1.82) is 0 Å². The van der Waals surface area contributed by atoms with Crippen molar-refractivity contribution in [3.63, 3.8) is 0 Å². The Balaban J connectivity index is 3.11. The molecule has 0 heterocycles. The molecule has 1 amide bonds. The van der Waals surface area contributed by atoms with Crippen molar-refractivity contribution >= 4 is 17.7 Å². The second kappa shape index (κ2) is 4.92. The van der Waals surface area contributed by atoms with Crippen LogP contribution in [0.5, 0.6) is 0 Å². The largest absolute Gasteiger partial charge is 0.478 e. The summed E-state index contributed by atoms with van der Waals surface area (Å²) in [5.74, 6) is -1.24. The zero-order valence-corrected chi connectivity index (χ0v) is 8.45. The average molecular weight is 240 g/mol. The Morgan fingerprint density at radius 2 is 2.12 bits per heavy atom. The maximum absolute atomic E-state index is 10.7. The van der Waals surface area contributed by atoms with Crippen LogP contribution >= 0.6 is 0 Å². The van der Waals surface area contributed by atoms with Crippen molar-refractivity contribution in [3.8, 4) is 0 Å². The van der Waals surface area contributed by atoms with Gasteiger partial charge in [0.05, 0.1) is 16.1 Å². The molecule has 0 saturated heterocycles. The van der Waals surface area contributed by atoms with Crippen LogP contribution in [-0.4, -0.2) is 22.1 Å². The van der Waals surface area contributed by atoms with Gasteiger partial charge in [-0.3, -0.25) is 10.1 Å². The van der Waals surface area contributed by atoms with E-state index in [1.807, 2.05) is 0 Å². The van der Waals surface area contributed by atoms with Gasteiger partial charge in [-0.15, -0.1) is 0 Å². The molecule has 0 spiro atoms. The van der Waals surface area contributed by atoms with E-state index < -0.39 is 23.6 Å². The molecule has 90 valence electrons. The van der Waals surface area contributed by atoms with Crippen molar-refractivity contribution in [1.82, 2.24) is 0 Å². The standard InChI is InChI=1S/C9H8N2O6/c10-9(14)17-4-6-3-5(8(12)13)1-2-7(6)11(15)16/h1-3H,4H2,(H2,10,14)(H,12,13). The molecule has 1 aromatic rings. The molecule has 0 aliphatic heterocycles. The van der Waals surface area contributed by atoms with Crippen molar-refractivity contribution in [2.24, 2.45) is 5.73 Å². The summed E-state index contributed by atoms with van der Waals surface area (Å²) >= 11 is 0. The van der Waals surface area contributed by atoms with Gasteiger partial charge in [0.25, 0.3) is 5.69 Å². The summed E-state index contributed by atoms with van der Waals surface area (Å²) < 4.78 is 4.39. The second-order valence-electron chi connectivity index (χ2n) is 3.01. The van der Waals surface area contributed by atoms with E-state index >= 15 is 0 Å². The monoisotopic (exact) mass is 240 g/mol. The number of carbonyl (C=O) groups excluding carboxylic acids is 1. The summed E-state index contributed by atoms with van der Waals surface area (Å²) in [7, 11) is 0. The topological polar surface area (TPSA) is 133 Å². The fourth-order valence-electron chi connectivity index (χ4n) is 1.16. The lowest BCUT2D eigenvalue weighted by molar-refractivity contribution is -0.385. The van der Waals surface area contributed by atoms with Crippen LogP contribution in [0, 0.1) is 10.1 Å². The Bertz CT molecular complexity index is 484. The third-order valence-electron chi connectivity index (χ3n) is 1.89. The summed E-state index contributed by atoms with van der Waals surface area (Å²) in [6.07, 6.45) is -1.10. The van der Waals surface area contributed by atoms with Gasteiger partial charge in [-0.1, -0.05) is 0 Å². The predicted molar refractivity (Wildman–Crippen MR) is 54.4 cm³/mol.